The Bertz CT molecular complexity index is 654. The highest BCUT2D eigenvalue weighted by Crippen LogP contribution is 2.37. The third-order valence-electron chi connectivity index (χ3n) is 3.42. The Hall–Kier alpha value is -0.320. The molecule has 1 aromatic carbocycles. The number of nitrogens with one attached hydrogen (secondary N) is 1. The van der Waals surface area contributed by atoms with Crippen molar-refractivity contribution >= 4 is 50.3 Å². The Kier molecular flexibility index (Phi) is 5.22. The second-order valence-electron chi connectivity index (χ2n) is 5.17. The predicted octanol–water partition coefficient (Wildman–Crippen LogP) is 2.55. The average molecular weight is 441 g/mol. The highest BCUT2D eigenvalue weighted by Gasteiger charge is 2.31. The number of sulfonamides is 1. The number of benzene rings is 1. The minimum Gasteiger partial charge on any atom is -0.478 e. The zero-order valence-electron chi connectivity index (χ0n) is 11.4. The van der Waals surface area contributed by atoms with Crippen molar-refractivity contribution in [3.05, 3.63) is 27.3 Å². The SMILES string of the molecule is CC1(CNS(=O)(=O)c2ccc(I)c(C(=O)O)c2)CCCS1. The molecule has 1 heterocycles. The van der Waals surface area contributed by atoms with Crippen LogP contribution in [0.1, 0.15) is 30.1 Å². The number of carboxylic acid groups (broad SMARTS) is 1. The molecular weight excluding hydrogens is 425 g/mol. The summed E-state index contributed by atoms with van der Waals surface area (Å²) in [5.41, 5.74) is -0.0000666. The van der Waals surface area contributed by atoms with E-state index < -0.39 is 16.0 Å². The lowest BCUT2D eigenvalue weighted by atomic mass is 10.1. The van der Waals surface area contributed by atoms with Crippen molar-refractivity contribution in [1.29, 1.82) is 0 Å². The summed E-state index contributed by atoms with van der Waals surface area (Å²) in [7, 11) is -3.69. The smallest absolute Gasteiger partial charge is 0.336 e. The Morgan fingerprint density at radius 1 is 1.52 bits per heavy atom. The molecule has 116 valence electrons. The molecule has 1 aromatic rings. The Balaban J connectivity index is 2.19. The van der Waals surface area contributed by atoms with Crippen LogP contribution in [0.2, 0.25) is 0 Å². The van der Waals surface area contributed by atoms with E-state index in [1.54, 1.807) is 11.8 Å². The van der Waals surface area contributed by atoms with Gasteiger partial charge >= 0.3 is 5.97 Å². The van der Waals surface area contributed by atoms with Gasteiger partial charge in [0.1, 0.15) is 0 Å². The first-order chi connectivity index (χ1) is 9.73. The molecule has 1 atom stereocenters. The molecule has 0 amide bonds. The molecule has 1 aliphatic heterocycles. The molecule has 1 saturated heterocycles. The van der Waals surface area contributed by atoms with Gasteiger partial charge < -0.3 is 5.11 Å². The number of carbonyl (C=O) groups is 1. The molecule has 0 spiro atoms. The number of aromatic carboxylic acids is 1. The summed E-state index contributed by atoms with van der Waals surface area (Å²) in [6.45, 7) is 2.40. The van der Waals surface area contributed by atoms with E-state index in [2.05, 4.69) is 4.72 Å². The van der Waals surface area contributed by atoms with E-state index in [4.69, 9.17) is 5.11 Å². The lowest BCUT2D eigenvalue weighted by Gasteiger charge is -2.22. The first kappa shape index (κ1) is 17.0. The fourth-order valence-corrected chi connectivity index (χ4v) is 5.24. The van der Waals surface area contributed by atoms with Crippen LogP contribution in [-0.4, -0.2) is 36.5 Å². The van der Waals surface area contributed by atoms with Gasteiger partial charge in [-0.05, 0) is 66.3 Å². The van der Waals surface area contributed by atoms with Gasteiger partial charge in [0, 0.05) is 14.9 Å². The molecule has 0 aliphatic carbocycles. The fourth-order valence-electron chi connectivity index (χ4n) is 2.14. The average Bonchev–Trinajstić information content (AvgIpc) is 2.84. The van der Waals surface area contributed by atoms with Gasteiger partial charge in [-0.25, -0.2) is 17.9 Å². The molecule has 0 aromatic heterocycles. The van der Waals surface area contributed by atoms with Crippen molar-refractivity contribution < 1.29 is 18.3 Å². The third kappa shape index (κ3) is 4.11. The molecule has 1 fully saturated rings. The van der Waals surface area contributed by atoms with Crippen LogP contribution in [0.3, 0.4) is 0 Å². The van der Waals surface area contributed by atoms with Crippen LogP contribution in [0, 0.1) is 3.57 Å². The van der Waals surface area contributed by atoms with Crippen LogP contribution in [0.4, 0.5) is 0 Å². The first-order valence-electron chi connectivity index (χ1n) is 6.40. The quantitative estimate of drug-likeness (QED) is 0.687. The summed E-state index contributed by atoms with van der Waals surface area (Å²) in [5.74, 6) is -0.0833. The maximum Gasteiger partial charge on any atom is 0.336 e. The minimum atomic E-state index is -3.69. The van der Waals surface area contributed by atoms with Gasteiger partial charge in [0.15, 0.2) is 0 Å². The van der Waals surface area contributed by atoms with Gasteiger partial charge in [-0.2, -0.15) is 11.8 Å². The fraction of sp³-hybridized carbons (Fsp3) is 0.462. The van der Waals surface area contributed by atoms with E-state index >= 15 is 0 Å². The zero-order chi connectivity index (χ0) is 15.7. The van der Waals surface area contributed by atoms with Crippen LogP contribution in [-0.2, 0) is 10.0 Å². The first-order valence-corrected chi connectivity index (χ1v) is 9.95. The van der Waals surface area contributed by atoms with Crippen molar-refractivity contribution in [3.63, 3.8) is 0 Å². The lowest BCUT2D eigenvalue weighted by Crippen LogP contribution is -2.36. The number of thioether (sulfide) groups is 1. The number of carboxylic acids is 1. The van der Waals surface area contributed by atoms with E-state index in [1.807, 2.05) is 29.5 Å². The molecule has 5 nitrogen and oxygen atoms in total. The largest absolute Gasteiger partial charge is 0.478 e. The molecule has 0 bridgehead atoms. The van der Waals surface area contributed by atoms with Crippen molar-refractivity contribution in [2.45, 2.75) is 29.4 Å². The van der Waals surface area contributed by atoms with E-state index in [9.17, 15) is 13.2 Å². The van der Waals surface area contributed by atoms with Crippen molar-refractivity contribution in [3.8, 4) is 0 Å². The second-order valence-corrected chi connectivity index (χ2v) is 9.78. The molecule has 0 saturated carbocycles. The van der Waals surface area contributed by atoms with Crippen LogP contribution in [0.25, 0.3) is 0 Å². The summed E-state index contributed by atoms with van der Waals surface area (Å²) < 4.78 is 27.6. The van der Waals surface area contributed by atoms with Crippen molar-refractivity contribution in [2.24, 2.45) is 0 Å². The van der Waals surface area contributed by atoms with E-state index in [1.165, 1.54) is 18.2 Å². The minimum absolute atomic E-state index is 0.0000666. The standard InChI is InChI=1S/C13H16INO4S2/c1-13(5-2-6-20-13)8-15-21(18,19)9-3-4-11(14)10(7-9)12(16)17/h3-4,7,15H,2,5-6,8H2,1H3,(H,16,17). The van der Waals surface area contributed by atoms with Gasteiger partial charge in [-0.3, -0.25) is 0 Å². The zero-order valence-corrected chi connectivity index (χ0v) is 15.2. The molecule has 1 aliphatic rings. The summed E-state index contributed by atoms with van der Waals surface area (Å²) in [6, 6.07) is 4.14. The number of halogens is 1. The Labute approximate surface area is 142 Å². The number of hydrogen-bond acceptors (Lipinski definition) is 4. The van der Waals surface area contributed by atoms with Gasteiger partial charge in [0.05, 0.1) is 10.5 Å². The summed E-state index contributed by atoms with van der Waals surface area (Å²) >= 11 is 3.64. The van der Waals surface area contributed by atoms with Crippen molar-refractivity contribution in [1.82, 2.24) is 4.72 Å². The molecule has 8 heteroatoms. The number of hydrogen-bond donors (Lipinski definition) is 2. The molecule has 2 rings (SSSR count). The van der Waals surface area contributed by atoms with E-state index in [-0.39, 0.29) is 15.2 Å². The van der Waals surface area contributed by atoms with Gasteiger partial charge in [-0.15, -0.1) is 0 Å². The van der Waals surface area contributed by atoms with Crippen molar-refractivity contribution in [2.75, 3.05) is 12.3 Å². The molecule has 2 N–H and O–H groups in total. The lowest BCUT2D eigenvalue weighted by molar-refractivity contribution is 0.0695. The molecular formula is C13H16INO4S2. The normalized spacial score (nSPS) is 22.4. The maximum absolute atomic E-state index is 12.3. The summed E-state index contributed by atoms with van der Waals surface area (Å²) in [6.07, 6.45) is 2.07. The topological polar surface area (TPSA) is 83.5 Å². The van der Waals surface area contributed by atoms with Crippen LogP contribution >= 0.6 is 34.4 Å². The van der Waals surface area contributed by atoms with Gasteiger partial charge in [-0.1, -0.05) is 0 Å². The van der Waals surface area contributed by atoms with E-state index in [0.717, 1.165) is 18.6 Å². The third-order valence-corrected chi connectivity index (χ3v) is 7.29. The molecule has 21 heavy (non-hydrogen) atoms. The van der Waals surface area contributed by atoms with Gasteiger partial charge in [0.25, 0.3) is 0 Å². The molecule has 0 radical (unpaired) electrons. The van der Waals surface area contributed by atoms with Gasteiger partial charge in [0.2, 0.25) is 10.0 Å². The van der Waals surface area contributed by atoms with E-state index in [0.29, 0.717) is 10.1 Å². The summed E-state index contributed by atoms with van der Waals surface area (Å²) in [4.78, 5) is 11.1. The highest BCUT2D eigenvalue weighted by molar-refractivity contribution is 14.1. The Morgan fingerprint density at radius 3 is 2.81 bits per heavy atom. The monoisotopic (exact) mass is 441 g/mol. The van der Waals surface area contributed by atoms with Crippen LogP contribution in [0.5, 0.6) is 0 Å². The Morgan fingerprint density at radius 2 is 2.24 bits per heavy atom. The highest BCUT2D eigenvalue weighted by atomic mass is 127. The predicted molar refractivity (Wildman–Crippen MR) is 91.4 cm³/mol. The number of rotatable bonds is 5. The molecule has 1 unspecified atom stereocenters. The van der Waals surface area contributed by atoms with Crippen LogP contribution < -0.4 is 4.72 Å². The second kappa shape index (κ2) is 6.43. The van der Waals surface area contributed by atoms with Crippen LogP contribution in [0.15, 0.2) is 23.1 Å². The maximum atomic E-state index is 12.3. The summed E-state index contributed by atoms with van der Waals surface area (Å²) in [5, 5.41) is 9.08.